The van der Waals surface area contributed by atoms with Crippen LogP contribution in [-0.2, 0) is 22.4 Å². The zero-order valence-electron chi connectivity index (χ0n) is 16.3. The average Bonchev–Trinajstić information content (AvgIpc) is 3.02. The summed E-state index contributed by atoms with van der Waals surface area (Å²) in [4.78, 5) is 12.3. The number of carbonyl (C=O) groups excluding carboxylic acids is 1. The summed E-state index contributed by atoms with van der Waals surface area (Å²) in [6, 6.07) is 12.0. The van der Waals surface area contributed by atoms with Crippen LogP contribution >= 0.6 is 0 Å². The molecule has 144 valence electrons. The fourth-order valence-corrected chi connectivity index (χ4v) is 3.61. The lowest BCUT2D eigenvalue weighted by molar-refractivity contribution is -0.141. The van der Waals surface area contributed by atoms with Gasteiger partial charge in [-0.1, -0.05) is 18.2 Å². The molecular weight excluding hydrogens is 344 g/mol. The third-order valence-corrected chi connectivity index (χ3v) is 5.19. The molecule has 1 heterocycles. The molecule has 3 rings (SSSR count). The Kier molecular flexibility index (Phi) is 5.89. The smallest absolute Gasteiger partial charge is 0.309 e. The molecule has 0 radical (unpaired) electrons. The fourth-order valence-electron chi connectivity index (χ4n) is 3.61. The Labute approximate surface area is 160 Å². The van der Waals surface area contributed by atoms with Crippen molar-refractivity contribution in [2.45, 2.75) is 19.8 Å². The van der Waals surface area contributed by atoms with Crippen molar-refractivity contribution in [3.05, 3.63) is 53.1 Å². The Morgan fingerprint density at radius 3 is 2.22 bits per heavy atom. The standard InChI is InChI=1S/C22H26O5/c1-14-5-6-16(11-20(14)25-3)10-18-17(13-27-22(18)23)9-15-7-8-19(24-2)21(12-15)26-4/h5-8,11-12,17-18H,9-10,13H2,1-4H3/t17-,18+/m0/s1. The highest BCUT2D eigenvalue weighted by Crippen LogP contribution is 2.33. The maximum Gasteiger partial charge on any atom is 0.309 e. The first-order valence-corrected chi connectivity index (χ1v) is 9.06. The van der Waals surface area contributed by atoms with E-state index in [1.54, 1.807) is 21.3 Å². The van der Waals surface area contributed by atoms with Crippen LogP contribution in [0.5, 0.6) is 17.2 Å². The van der Waals surface area contributed by atoms with Crippen LogP contribution in [0.3, 0.4) is 0 Å². The average molecular weight is 370 g/mol. The van der Waals surface area contributed by atoms with Gasteiger partial charge in [0.1, 0.15) is 5.75 Å². The lowest BCUT2D eigenvalue weighted by atomic mass is 9.85. The molecule has 0 N–H and O–H groups in total. The second-order valence-electron chi connectivity index (χ2n) is 6.90. The van der Waals surface area contributed by atoms with E-state index >= 15 is 0 Å². The van der Waals surface area contributed by atoms with Crippen molar-refractivity contribution in [2.24, 2.45) is 11.8 Å². The molecule has 2 aromatic carbocycles. The van der Waals surface area contributed by atoms with Crippen molar-refractivity contribution in [3.8, 4) is 17.2 Å². The van der Waals surface area contributed by atoms with Crippen LogP contribution in [0.2, 0.25) is 0 Å². The highest BCUT2D eigenvalue weighted by atomic mass is 16.5. The number of esters is 1. The van der Waals surface area contributed by atoms with E-state index in [9.17, 15) is 4.79 Å². The van der Waals surface area contributed by atoms with Gasteiger partial charge in [0.15, 0.2) is 11.5 Å². The van der Waals surface area contributed by atoms with Crippen LogP contribution in [-0.4, -0.2) is 33.9 Å². The molecule has 2 atom stereocenters. The lowest BCUT2D eigenvalue weighted by Crippen LogP contribution is -2.20. The number of aryl methyl sites for hydroxylation is 1. The number of hydrogen-bond acceptors (Lipinski definition) is 5. The van der Waals surface area contributed by atoms with Gasteiger partial charge in [-0.25, -0.2) is 0 Å². The molecule has 1 aliphatic heterocycles. The number of carbonyl (C=O) groups is 1. The summed E-state index contributed by atoms with van der Waals surface area (Å²) in [5.41, 5.74) is 3.26. The Hall–Kier alpha value is -2.69. The highest BCUT2D eigenvalue weighted by Gasteiger charge is 2.37. The normalized spacial score (nSPS) is 18.9. The lowest BCUT2D eigenvalue weighted by Gasteiger charge is -2.17. The molecular formula is C22H26O5. The molecule has 0 amide bonds. The van der Waals surface area contributed by atoms with Crippen molar-refractivity contribution in [2.75, 3.05) is 27.9 Å². The minimum absolute atomic E-state index is 0.125. The second kappa shape index (κ2) is 8.33. The van der Waals surface area contributed by atoms with Crippen LogP contribution in [0.25, 0.3) is 0 Å². The van der Waals surface area contributed by atoms with Gasteiger partial charge >= 0.3 is 5.97 Å². The first-order chi connectivity index (χ1) is 13.0. The zero-order valence-corrected chi connectivity index (χ0v) is 16.3. The van der Waals surface area contributed by atoms with Gasteiger partial charge in [0.25, 0.3) is 0 Å². The topological polar surface area (TPSA) is 54.0 Å². The molecule has 0 aliphatic carbocycles. The van der Waals surface area contributed by atoms with E-state index < -0.39 is 0 Å². The Bertz CT molecular complexity index is 814. The van der Waals surface area contributed by atoms with Gasteiger partial charge in [-0.2, -0.15) is 0 Å². The molecule has 0 spiro atoms. The van der Waals surface area contributed by atoms with E-state index in [-0.39, 0.29) is 17.8 Å². The van der Waals surface area contributed by atoms with Gasteiger partial charge in [0.2, 0.25) is 0 Å². The summed E-state index contributed by atoms with van der Waals surface area (Å²) >= 11 is 0. The van der Waals surface area contributed by atoms with E-state index in [1.807, 2.05) is 37.3 Å². The summed E-state index contributed by atoms with van der Waals surface area (Å²) < 4.78 is 21.5. The van der Waals surface area contributed by atoms with Crippen LogP contribution in [0.15, 0.2) is 36.4 Å². The van der Waals surface area contributed by atoms with Gasteiger partial charge in [0.05, 0.1) is 33.9 Å². The molecule has 5 nitrogen and oxygen atoms in total. The fraction of sp³-hybridized carbons (Fsp3) is 0.409. The van der Waals surface area contributed by atoms with Gasteiger partial charge in [0, 0.05) is 5.92 Å². The van der Waals surface area contributed by atoms with Crippen LogP contribution in [0, 0.1) is 18.8 Å². The summed E-state index contributed by atoms with van der Waals surface area (Å²) in [5.74, 6) is 2.08. The van der Waals surface area contributed by atoms with Gasteiger partial charge in [-0.05, 0) is 54.7 Å². The summed E-state index contributed by atoms with van der Waals surface area (Å²) in [7, 11) is 4.90. The monoisotopic (exact) mass is 370 g/mol. The van der Waals surface area contributed by atoms with Crippen molar-refractivity contribution < 1.29 is 23.7 Å². The highest BCUT2D eigenvalue weighted by molar-refractivity contribution is 5.75. The number of ether oxygens (including phenoxy) is 4. The maximum atomic E-state index is 12.3. The molecule has 1 fully saturated rings. The number of benzene rings is 2. The first-order valence-electron chi connectivity index (χ1n) is 9.06. The van der Waals surface area contributed by atoms with Gasteiger partial charge in [-0.15, -0.1) is 0 Å². The number of cyclic esters (lactones) is 1. The molecule has 0 saturated carbocycles. The molecule has 1 saturated heterocycles. The maximum absolute atomic E-state index is 12.3. The molecule has 5 heteroatoms. The summed E-state index contributed by atoms with van der Waals surface area (Å²) in [6.07, 6.45) is 1.40. The van der Waals surface area contributed by atoms with Gasteiger partial charge in [-0.3, -0.25) is 4.79 Å². The number of rotatable bonds is 7. The first kappa shape index (κ1) is 19.1. The predicted molar refractivity (Wildman–Crippen MR) is 103 cm³/mol. The predicted octanol–water partition coefficient (Wildman–Crippen LogP) is 3.60. The Morgan fingerprint density at radius 2 is 1.52 bits per heavy atom. The summed E-state index contributed by atoms with van der Waals surface area (Å²) in [5, 5.41) is 0. The molecule has 2 aromatic rings. The van der Waals surface area contributed by atoms with Crippen molar-refractivity contribution in [3.63, 3.8) is 0 Å². The second-order valence-corrected chi connectivity index (χ2v) is 6.90. The quantitative estimate of drug-likeness (QED) is 0.697. The van der Waals surface area contributed by atoms with E-state index in [1.165, 1.54) is 0 Å². The molecule has 1 aliphatic rings. The van der Waals surface area contributed by atoms with Crippen molar-refractivity contribution in [1.29, 1.82) is 0 Å². The molecule has 0 bridgehead atoms. The van der Waals surface area contributed by atoms with Crippen molar-refractivity contribution in [1.82, 2.24) is 0 Å². The third kappa shape index (κ3) is 4.18. The van der Waals surface area contributed by atoms with E-state index in [4.69, 9.17) is 18.9 Å². The van der Waals surface area contributed by atoms with Crippen LogP contribution in [0.1, 0.15) is 16.7 Å². The van der Waals surface area contributed by atoms with Gasteiger partial charge < -0.3 is 18.9 Å². The van der Waals surface area contributed by atoms with Crippen LogP contribution < -0.4 is 14.2 Å². The number of hydrogen-bond donors (Lipinski definition) is 0. The number of methoxy groups -OCH3 is 3. The van der Waals surface area contributed by atoms with E-state index in [2.05, 4.69) is 6.07 Å². The van der Waals surface area contributed by atoms with E-state index in [0.29, 0.717) is 24.5 Å². The van der Waals surface area contributed by atoms with Crippen LogP contribution in [0.4, 0.5) is 0 Å². The third-order valence-electron chi connectivity index (χ3n) is 5.19. The Balaban J connectivity index is 1.76. The SMILES string of the molecule is COc1cc(C[C@H]2C(=O)OC[C@@H]2Cc2ccc(OC)c(OC)c2)ccc1C. The molecule has 0 aromatic heterocycles. The molecule has 0 unspecified atom stereocenters. The largest absolute Gasteiger partial charge is 0.496 e. The minimum Gasteiger partial charge on any atom is -0.496 e. The van der Waals surface area contributed by atoms with Crippen molar-refractivity contribution >= 4 is 5.97 Å². The van der Waals surface area contributed by atoms with E-state index in [0.717, 1.165) is 28.9 Å². The minimum atomic E-state index is -0.162. The summed E-state index contributed by atoms with van der Waals surface area (Å²) in [6.45, 7) is 2.45. The molecule has 27 heavy (non-hydrogen) atoms. The Morgan fingerprint density at radius 1 is 0.889 bits per heavy atom. The zero-order chi connectivity index (χ0) is 19.4.